The minimum absolute atomic E-state index is 0.0225. The lowest BCUT2D eigenvalue weighted by Crippen LogP contribution is -2.48. The van der Waals surface area contributed by atoms with E-state index in [2.05, 4.69) is 10.2 Å². The fraction of sp³-hybridized carbons (Fsp3) is 0.625. The van der Waals surface area contributed by atoms with E-state index >= 15 is 0 Å². The first-order valence-corrected chi connectivity index (χ1v) is 8.09. The van der Waals surface area contributed by atoms with Gasteiger partial charge < -0.3 is 19.4 Å². The molecule has 2 aliphatic rings. The van der Waals surface area contributed by atoms with Crippen molar-refractivity contribution in [2.75, 3.05) is 45.9 Å². The Bertz CT molecular complexity index is 565. The molecule has 1 atom stereocenters. The lowest BCUT2D eigenvalue weighted by Gasteiger charge is -2.31. The van der Waals surface area contributed by atoms with Gasteiger partial charge in [0.2, 0.25) is 5.91 Å². The van der Waals surface area contributed by atoms with Crippen LogP contribution in [0.2, 0.25) is 0 Å². The maximum atomic E-state index is 12.5. The molecule has 1 aromatic rings. The normalized spacial score (nSPS) is 22.6. The van der Waals surface area contributed by atoms with Gasteiger partial charge in [-0.3, -0.25) is 14.5 Å². The summed E-state index contributed by atoms with van der Waals surface area (Å²) in [6.07, 6.45) is 2.36. The van der Waals surface area contributed by atoms with Crippen LogP contribution in [0.25, 0.3) is 0 Å². The van der Waals surface area contributed by atoms with Crippen LogP contribution in [0.3, 0.4) is 0 Å². The molecular formula is C16H23N3O4. The van der Waals surface area contributed by atoms with Gasteiger partial charge in [0.1, 0.15) is 5.76 Å². The first-order valence-electron chi connectivity index (χ1n) is 8.09. The summed E-state index contributed by atoms with van der Waals surface area (Å²) in [7, 11) is 0. The monoisotopic (exact) mass is 321 g/mol. The Hall–Kier alpha value is -1.86. The Morgan fingerprint density at radius 2 is 2.13 bits per heavy atom. The second-order valence-electron chi connectivity index (χ2n) is 5.92. The van der Waals surface area contributed by atoms with Crippen molar-refractivity contribution in [3.8, 4) is 0 Å². The Balaban J connectivity index is 1.45. The molecule has 0 spiro atoms. The van der Waals surface area contributed by atoms with E-state index in [1.54, 1.807) is 13.0 Å². The van der Waals surface area contributed by atoms with Crippen LogP contribution in [0.5, 0.6) is 0 Å². The van der Waals surface area contributed by atoms with Crippen molar-refractivity contribution in [3.05, 3.63) is 23.7 Å². The molecule has 0 radical (unpaired) electrons. The number of carbonyl (C=O) groups is 2. The highest BCUT2D eigenvalue weighted by Crippen LogP contribution is 2.18. The van der Waals surface area contributed by atoms with Crippen LogP contribution in [-0.4, -0.2) is 73.6 Å². The van der Waals surface area contributed by atoms with Gasteiger partial charge in [-0.15, -0.1) is 0 Å². The lowest BCUT2D eigenvalue weighted by atomic mass is 10.2. The molecule has 2 saturated heterocycles. The predicted molar refractivity (Wildman–Crippen MR) is 83.2 cm³/mol. The zero-order chi connectivity index (χ0) is 16.2. The van der Waals surface area contributed by atoms with E-state index in [1.165, 1.54) is 6.26 Å². The lowest BCUT2D eigenvalue weighted by molar-refractivity contribution is -0.133. The van der Waals surface area contributed by atoms with Crippen molar-refractivity contribution in [2.24, 2.45) is 0 Å². The topological polar surface area (TPSA) is 75.0 Å². The largest absolute Gasteiger partial charge is 0.469 e. The average Bonchev–Trinajstić information content (AvgIpc) is 3.15. The summed E-state index contributed by atoms with van der Waals surface area (Å²) in [5.74, 6) is 0.611. The number of amides is 2. The second-order valence-corrected chi connectivity index (χ2v) is 5.92. The van der Waals surface area contributed by atoms with Crippen molar-refractivity contribution in [2.45, 2.75) is 19.4 Å². The van der Waals surface area contributed by atoms with E-state index in [-0.39, 0.29) is 17.9 Å². The molecule has 3 heterocycles. The van der Waals surface area contributed by atoms with Gasteiger partial charge in [0.15, 0.2) is 0 Å². The molecule has 2 aliphatic heterocycles. The Morgan fingerprint density at radius 1 is 1.35 bits per heavy atom. The third-order valence-electron chi connectivity index (χ3n) is 4.53. The number of carbonyl (C=O) groups excluding carboxylic acids is 2. The molecule has 2 fully saturated rings. The summed E-state index contributed by atoms with van der Waals surface area (Å²) in [6.45, 7) is 6.54. The quantitative estimate of drug-likeness (QED) is 0.841. The highest BCUT2D eigenvalue weighted by molar-refractivity contribution is 5.95. The average molecular weight is 321 g/mol. The number of morpholine rings is 1. The number of nitrogens with zero attached hydrogens (tertiary/aromatic N) is 2. The second kappa shape index (κ2) is 7.14. The van der Waals surface area contributed by atoms with Crippen molar-refractivity contribution < 1.29 is 18.7 Å². The van der Waals surface area contributed by atoms with Gasteiger partial charge in [-0.25, -0.2) is 0 Å². The molecule has 3 rings (SSSR count). The maximum absolute atomic E-state index is 12.5. The summed E-state index contributed by atoms with van der Waals surface area (Å²) in [6, 6.07) is 1.63. The standard InChI is InChI=1S/C16H23N3O4/c1-12-13(3-9-23-12)15(20)17-4-6-19-5-2-14(16(19)21)18-7-10-22-11-8-18/h3,9,14H,2,4-8,10-11H2,1H3,(H,17,20). The molecule has 126 valence electrons. The Morgan fingerprint density at radius 3 is 2.83 bits per heavy atom. The number of furan rings is 1. The van der Waals surface area contributed by atoms with Crippen LogP contribution in [-0.2, 0) is 9.53 Å². The van der Waals surface area contributed by atoms with Crippen molar-refractivity contribution in [1.29, 1.82) is 0 Å². The molecule has 0 saturated carbocycles. The van der Waals surface area contributed by atoms with Crippen LogP contribution in [0.1, 0.15) is 22.5 Å². The Kier molecular flexibility index (Phi) is 4.97. The van der Waals surface area contributed by atoms with E-state index in [0.717, 1.165) is 26.1 Å². The Labute approximate surface area is 135 Å². The van der Waals surface area contributed by atoms with Crippen LogP contribution in [0, 0.1) is 6.92 Å². The molecular weight excluding hydrogens is 298 g/mol. The molecule has 0 aliphatic carbocycles. The molecule has 1 aromatic heterocycles. The third kappa shape index (κ3) is 3.56. The smallest absolute Gasteiger partial charge is 0.254 e. The third-order valence-corrected chi connectivity index (χ3v) is 4.53. The van der Waals surface area contributed by atoms with E-state index in [9.17, 15) is 9.59 Å². The van der Waals surface area contributed by atoms with Crippen LogP contribution in [0.4, 0.5) is 0 Å². The number of hydrogen-bond donors (Lipinski definition) is 1. The van der Waals surface area contributed by atoms with Gasteiger partial charge >= 0.3 is 0 Å². The fourth-order valence-corrected chi connectivity index (χ4v) is 3.19. The molecule has 1 N–H and O–H groups in total. The van der Waals surface area contributed by atoms with Gasteiger partial charge in [0.05, 0.1) is 31.1 Å². The molecule has 1 unspecified atom stereocenters. The summed E-state index contributed by atoms with van der Waals surface area (Å²) in [4.78, 5) is 28.5. The summed E-state index contributed by atoms with van der Waals surface area (Å²) in [5, 5.41) is 2.84. The van der Waals surface area contributed by atoms with Crippen molar-refractivity contribution >= 4 is 11.8 Å². The van der Waals surface area contributed by atoms with Gasteiger partial charge in [-0.05, 0) is 19.4 Å². The number of aryl methyl sites for hydroxylation is 1. The number of ether oxygens (including phenoxy) is 1. The number of nitrogens with one attached hydrogen (secondary N) is 1. The fourth-order valence-electron chi connectivity index (χ4n) is 3.19. The molecule has 7 nitrogen and oxygen atoms in total. The van der Waals surface area contributed by atoms with E-state index in [0.29, 0.717) is 37.6 Å². The minimum Gasteiger partial charge on any atom is -0.469 e. The first kappa shape index (κ1) is 16.0. The molecule has 0 aromatic carbocycles. The SMILES string of the molecule is Cc1occc1C(=O)NCCN1CCC(N2CCOCC2)C1=O. The molecule has 23 heavy (non-hydrogen) atoms. The predicted octanol–water partition coefficient (Wildman–Crippen LogP) is 0.251. The number of hydrogen-bond acceptors (Lipinski definition) is 5. The van der Waals surface area contributed by atoms with E-state index in [1.807, 2.05) is 4.90 Å². The van der Waals surface area contributed by atoms with Gasteiger partial charge in [-0.2, -0.15) is 0 Å². The van der Waals surface area contributed by atoms with Crippen LogP contribution < -0.4 is 5.32 Å². The highest BCUT2D eigenvalue weighted by Gasteiger charge is 2.36. The zero-order valence-electron chi connectivity index (χ0n) is 13.4. The molecule has 2 amide bonds. The first-order chi connectivity index (χ1) is 11.2. The van der Waals surface area contributed by atoms with Gasteiger partial charge in [-0.1, -0.05) is 0 Å². The summed E-state index contributed by atoms with van der Waals surface area (Å²) in [5.41, 5.74) is 0.545. The van der Waals surface area contributed by atoms with Gasteiger partial charge in [0, 0.05) is 32.7 Å². The van der Waals surface area contributed by atoms with Crippen LogP contribution >= 0.6 is 0 Å². The van der Waals surface area contributed by atoms with Crippen molar-refractivity contribution in [1.82, 2.24) is 15.1 Å². The zero-order valence-corrected chi connectivity index (χ0v) is 13.4. The number of likely N-dealkylation sites (tertiary alicyclic amines) is 1. The molecule has 7 heteroatoms. The highest BCUT2D eigenvalue weighted by atomic mass is 16.5. The summed E-state index contributed by atoms with van der Waals surface area (Å²) >= 11 is 0. The van der Waals surface area contributed by atoms with E-state index < -0.39 is 0 Å². The number of rotatable bonds is 5. The minimum atomic E-state index is -0.160. The van der Waals surface area contributed by atoms with Gasteiger partial charge in [0.25, 0.3) is 5.91 Å². The van der Waals surface area contributed by atoms with E-state index in [4.69, 9.17) is 9.15 Å². The maximum Gasteiger partial charge on any atom is 0.254 e. The van der Waals surface area contributed by atoms with Crippen LogP contribution in [0.15, 0.2) is 16.7 Å². The summed E-state index contributed by atoms with van der Waals surface area (Å²) < 4.78 is 10.5. The van der Waals surface area contributed by atoms with Crippen molar-refractivity contribution in [3.63, 3.8) is 0 Å². The molecule has 0 bridgehead atoms.